The average Bonchev–Trinajstić information content (AvgIpc) is 3.13. The monoisotopic (exact) mass is 384 g/mol. The summed E-state index contributed by atoms with van der Waals surface area (Å²) in [5.74, 6) is -0.133. The number of piperidine rings is 1. The Labute approximate surface area is 165 Å². The minimum absolute atomic E-state index is 0.133. The molecule has 6 heteroatoms. The summed E-state index contributed by atoms with van der Waals surface area (Å²) >= 11 is 0. The Bertz CT molecular complexity index is 862. The van der Waals surface area contributed by atoms with Crippen LogP contribution in [0.25, 0.3) is 0 Å². The molecule has 0 bridgehead atoms. The Hall–Kier alpha value is -2.08. The minimum Gasteiger partial charge on any atom is -0.444 e. The molecule has 4 atom stereocenters. The molecule has 4 aliphatic rings. The number of carbonyl (C=O) groups excluding carboxylic acids is 2. The first-order valence-electron chi connectivity index (χ1n) is 10.3. The zero-order chi connectivity index (χ0) is 19.9. The maximum absolute atomic E-state index is 13.2. The molecule has 1 aliphatic carbocycles. The van der Waals surface area contributed by atoms with Gasteiger partial charge in [-0.15, -0.1) is 0 Å². The quantitative estimate of drug-likeness (QED) is 0.745. The number of nitrogens with zero attached hydrogens (tertiary/aromatic N) is 2. The standard InChI is InChI=1S/C22H28N2O4/c1-20(2,3)28-19(26)24-12-10-21-14-7-4-5-8-15(14)23-11-6-9-22(27,18(21)23)17(25)13-16(21)24/h4-5,7-8,16,18,27H,6,9-13H2,1-3H3/t16-,18+,21-,22+/m0/s1. The topological polar surface area (TPSA) is 70.1 Å². The second-order valence-electron chi connectivity index (χ2n) is 9.75. The highest BCUT2D eigenvalue weighted by atomic mass is 16.6. The van der Waals surface area contributed by atoms with Gasteiger partial charge in [0.1, 0.15) is 11.2 Å². The van der Waals surface area contributed by atoms with Crippen LogP contribution in [-0.4, -0.2) is 58.3 Å². The summed E-state index contributed by atoms with van der Waals surface area (Å²) in [4.78, 5) is 30.1. The lowest BCUT2D eigenvalue weighted by Crippen LogP contribution is -2.72. The highest BCUT2D eigenvalue weighted by Gasteiger charge is 2.71. The molecule has 1 aromatic rings. The smallest absolute Gasteiger partial charge is 0.410 e. The number of fused-ring (bicyclic) bond motifs is 2. The molecule has 0 aromatic heterocycles. The normalized spacial score (nSPS) is 36.1. The Morgan fingerprint density at radius 3 is 2.71 bits per heavy atom. The van der Waals surface area contributed by atoms with E-state index in [0.717, 1.165) is 25.1 Å². The van der Waals surface area contributed by atoms with E-state index in [1.807, 2.05) is 32.9 Å². The Morgan fingerprint density at radius 2 is 1.96 bits per heavy atom. The summed E-state index contributed by atoms with van der Waals surface area (Å²) in [6.07, 6.45) is 1.87. The first-order valence-corrected chi connectivity index (χ1v) is 10.3. The zero-order valence-electron chi connectivity index (χ0n) is 16.8. The number of Topliss-reactive ketones (excluding diaryl/α,β-unsaturated/α-hetero) is 1. The van der Waals surface area contributed by atoms with Gasteiger partial charge in [0.15, 0.2) is 5.78 Å². The first-order chi connectivity index (χ1) is 13.2. The number of rotatable bonds is 0. The molecule has 150 valence electrons. The molecule has 1 N–H and O–H groups in total. The maximum atomic E-state index is 13.2. The SMILES string of the molecule is CC(C)(C)OC(=O)N1CC[C@]23c4ccccc4N4CCC[C@@](O)(C(=O)C[C@H]12)[C@H]43. The van der Waals surface area contributed by atoms with Crippen LogP contribution >= 0.6 is 0 Å². The van der Waals surface area contributed by atoms with E-state index >= 15 is 0 Å². The van der Waals surface area contributed by atoms with E-state index in [9.17, 15) is 14.7 Å². The Balaban J connectivity index is 1.64. The van der Waals surface area contributed by atoms with Crippen LogP contribution < -0.4 is 4.90 Å². The van der Waals surface area contributed by atoms with Crippen molar-refractivity contribution in [2.75, 3.05) is 18.0 Å². The van der Waals surface area contributed by atoms with Gasteiger partial charge in [0.25, 0.3) is 0 Å². The maximum Gasteiger partial charge on any atom is 0.410 e. The number of ether oxygens (including phenoxy) is 1. The van der Waals surface area contributed by atoms with Crippen LogP contribution in [0.2, 0.25) is 0 Å². The van der Waals surface area contributed by atoms with Crippen molar-refractivity contribution in [3.63, 3.8) is 0 Å². The minimum atomic E-state index is -1.34. The number of para-hydroxylation sites is 1. The molecular formula is C22H28N2O4. The van der Waals surface area contributed by atoms with Crippen molar-refractivity contribution in [1.29, 1.82) is 0 Å². The molecule has 1 spiro atoms. The van der Waals surface area contributed by atoms with E-state index in [4.69, 9.17) is 4.74 Å². The van der Waals surface area contributed by atoms with Gasteiger partial charge in [-0.25, -0.2) is 4.79 Å². The molecule has 0 unspecified atom stereocenters. The van der Waals surface area contributed by atoms with Gasteiger partial charge in [-0.2, -0.15) is 0 Å². The second kappa shape index (κ2) is 5.50. The average molecular weight is 384 g/mol. The van der Waals surface area contributed by atoms with E-state index in [0.29, 0.717) is 13.0 Å². The summed E-state index contributed by atoms with van der Waals surface area (Å²) in [5.41, 5.74) is -0.0643. The highest BCUT2D eigenvalue weighted by molar-refractivity contribution is 5.94. The fourth-order valence-electron chi connectivity index (χ4n) is 6.29. The van der Waals surface area contributed by atoms with E-state index < -0.39 is 16.6 Å². The highest BCUT2D eigenvalue weighted by Crippen LogP contribution is 2.61. The van der Waals surface area contributed by atoms with Crippen molar-refractivity contribution >= 4 is 17.6 Å². The summed E-state index contributed by atoms with van der Waals surface area (Å²) in [6, 6.07) is 7.67. The van der Waals surface area contributed by atoms with Crippen molar-refractivity contribution in [3.05, 3.63) is 29.8 Å². The first kappa shape index (κ1) is 18.0. The largest absolute Gasteiger partial charge is 0.444 e. The van der Waals surface area contributed by atoms with Crippen molar-refractivity contribution in [3.8, 4) is 0 Å². The van der Waals surface area contributed by atoms with Gasteiger partial charge >= 0.3 is 6.09 Å². The van der Waals surface area contributed by atoms with E-state index in [2.05, 4.69) is 17.0 Å². The summed E-state index contributed by atoms with van der Waals surface area (Å²) in [7, 11) is 0. The molecular weight excluding hydrogens is 356 g/mol. The molecule has 28 heavy (non-hydrogen) atoms. The lowest BCUT2D eigenvalue weighted by molar-refractivity contribution is -0.152. The summed E-state index contributed by atoms with van der Waals surface area (Å²) in [6.45, 7) is 6.94. The van der Waals surface area contributed by atoms with Crippen LogP contribution in [0.4, 0.5) is 10.5 Å². The molecule has 6 nitrogen and oxygen atoms in total. The number of carbonyl (C=O) groups is 2. The number of ketones is 1. The van der Waals surface area contributed by atoms with Crippen molar-refractivity contribution in [1.82, 2.24) is 4.90 Å². The number of aliphatic hydroxyl groups is 1. The van der Waals surface area contributed by atoms with Gasteiger partial charge < -0.3 is 19.6 Å². The van der Waals surface area contributed by atoms with E-state index in [1.54, 1.807) is 4.90 Å². The molecule has 0 radical (unpaired) electrons. The van der Waals surface area contributed by atoms with Crippen LogP contribution in [0, 0.1) is 0 Å². The molecule has 1 amide bonds. The number of hydrogen-bond acceptors (Lipinski definition) is 5. The number of hydrogen-bond donors (Lipinski definition) is 1. The van der Waals surface area contributed by atoms with Gasteiger partial charge in [0.2, 0.25) is 0 Å². The lowest BCUT2D eigenvalue weighted by Gasteiger charge is -2.55. The predicted molar refractivity (Wildman–Crippen MR) is 104 cm³/mol. The second-order valence-corrected chi connectivity index (χ2v) is 9.75. The number of anilines is 1. The van der Waals surface area contributed by atoms with Gasteiger partial charge in [0, 0.05) is 30.6 Å². The van der Waals surface area contributed by atoms with Crippen LogP contribution in [-0.2, 0) is 14.9 Å². The van der Waals surface area contributed by atoms with E-state index in [1.165, 1.54) is 5.56 Å². The van der Waals surface area contributed by atoms with Gasteiger partial charge in [-0.1, -0.05) is 18.2 Å². The Kier molecular flexibility index (Phi) is 3.53. The van der Waals surface area contributed by atoms with Crippen molar-refractivity contribution in [2.45, 2.75) is 75.2 Å². The third-order valence-corrected chi connectivity index (χ3v) is 7.15. The number of likely N-dealkylation sites (tertiary alicyclic amines) is 1. The fraction of sp³-hybridized carbons (Fsp3) is 0.636. The van der Waals surface area contributed by atoms with Crippen molar-refractivity contribution < 1.29 is 19.4 Å². The summed E-state index contributed by atoms with van der Waals surface area (Å²) < 4.78 is 5.66. The van der Waals surface area contributed by atoms with Crippen LogP contribution in [0.1, 0.15) is 52.0 Å². The van der Waals surface area contributed by atoms with Crippen molar-refractivity contribution in [2.24, 2.45) is 0 Å². The molecule has 3 fully saturated rings. The van der Waals surface area contributed by atoms with Gasteiger partial charge in [-0.05, 0) is 51.7 Å². The molecule has 1 aromatic carbocycles. The fourth-order valence-corrected chi connectivity index (χ4v) is 6.29. The van der Waals surface area contributed by atoms with Gasteiger partial charge in [-0.3, -0.25) is 4.79 Å². The number of benzene rings is 1. The van der Waals surface area contributed by atoms with Crippen LogP contribution in [0.5, 0.6) is 0 Å². The lowest BCUT2D eigenvalue weighted by atomic mass is 9.57. The van der Waals surface area contributed by atoms with E-state index in [-0.39, 0.29) is 30.4 Å². The molecule has 5 rings (SSSR count). The molecule has 2 saturated heterocycles. The summed E-state index contributed by atoms with van der Waals surface area (Å²) in [5, 5.41) is 11.5. The van der Waals surface area contributed by atoms with Crippen LogP contribution in [0.3, 0.4) is 0 Å². The molecule has 1 saturated carbocycles. The van der Waals surface area contributed by atoms with Gasteiger partial charge in [0.05, 0.1) is 12.1 Å². The predicted octanol–water partition coefficient (Wildman–Crippen LogP) is 2.62. The Morgan fingerprint density at radius 1 is 1.21 bits per heavy atom. The van der Waals surface area contributed by atoms with Crippen LogP contribution in [0.15, 0.2) is 24.3 Å². The number of amides is 1. The molecule has 3 heterocycles. The third-order valence-electron chi connectivity index (χ3n) is 7.15. The third kappa shape index (κ3) is 2.12. The zero-order valence-corrected chi connectivity index (χ0v) is 16.8. The molecule has 3 aliphatic heterocycles.